The van der Waals surface area contributed by atoms with Gasteiger partial charge in [-0.05, 0) is 17.2 Å². The Morgan fingerprint density at radius 3 is 2.32 bits per heavy atom. The van der Waals surface area contributed by atoms with Crippen molar-refractivity contribution >= 4 is 29.0 Å². The molecule has 2 aromatic rings. The van der Waals surface area contributed by atoms with Crippen molar-refractivity contribution in [1.82, 2.24) is 0 Å². The van der Waals surface area contributed by atoms with Crippen LogP contribution in [0, 0.1) is 5.41 Å². The lowest BCUT2D eigenvalue weighted by atomic mass is 9.75. The van der Waals surface area contributed by atoms with E-state index < -0.39 is 5.41 Å². The number of carbonyl (C=O) groups excluding carboxylic acids is 1. The van der Waals surface area contributed by atoms with Crippen LogP contribution < -0.4 is 4.74 Å². The second-order valence-electron chi connectivity index (χ2n) is 6.07. The molecule has 4 heteroatoms. The molecular formula is C18H16Cl2O2. The average molecular weight is 335 g/mol. The van der Waals surface area contributed by atoms with Crippen molar-refractivity contribution in [3.63, 3.8) is 0 Å². The summed E-state index contributed by atoms with van der Waals surface area (Å²) >= 11 is 12.6. The Bertz CT molecular complexity index is 751. The molecular weight excluding hydrogens is 319 g/mol. The lowest BCUT2D eigenvalue weighted by Crippen LogP contribution is -2.24. The lowest BCUT2D eigenvalue weighted by molar-refractivity contribution is 0.0847. The van der Waals surface area contributed by atoms with Crippen LogP contribution in [0.4, 0.5) is 0 Å². The molecule has 1 unspecified atom stereocenters. The summed E-state index contributed by atoms with van der Waals surface area (Å²) in [4.78, 5) is 12.9. The van der Waals surface area contributed by atoms with E-state index in [9.17, 15) is 4.79 Å². The molecule has 1 aliphatic carbocycles. The first-order chi connectivity index (χ1) is 10.4. The zero-order chi connectivity index (χ0) is 16.1. The first kappa shape index (κ1) is 15.4. The predicted molar refractivity (Wildman–Crippen MR) is 89.4 cm³/mol. The Morgan fingerprint density at radius 1 is 1.09 bits per heavy atom. The van der Waals surface area contributed by atoms with Crippen LogP contribution >= 0.6 is 23.2 Å². The molecule has 22 heavy (non-hydrogen) atoms. The molecule has 0 saturated carbocycles. The number of Topliss-reactive ketones (excluding diaryl/α,β-unsaturated/α-hetero) is 1. The fourth-order valence-corrected chi connectivity index (χ4v) is 3.83. The summed E-state index contributed by atoms with van der Waals surface area (Å²) in [5.41, 5.74) is 1.90. The normalized spacial score (nSPS) is 19.1. The molecule has 1 atom stereocenters. The van der Waals surface area contributed by atoms with Crippen LogP contribution in [-0.2, 0) is 0 Å². The molecule has 0 aliphatic heterocycles. The van der Waals surface area contributed by atoms with Gasteiger partial charge in [-0.25, -0.2) is 0 Å². The first-order valence-electron chi connectivity index (χ1n) is 7.05. The number of carbonyl (C=O) groups is 1. The summed E-state index contributed by atoms with van der Waals surface area (Å²) in [5.74, 6) is 0.447. The van der Waals surface area contributed by atoms with Crippen LogP contribution in [0.3, 0.4) is 0 Å². The number of rotatable bonds is 2. The van der Waals surface area contributed by atoms with Gasteiger partial charge in [-0.1, -0.05) is 67.4 Å². The average Bonchev–Trinajstić information content (AvgIpc) is 2.70. The number of fused-ring (bicyclic) bond motifs is 1. The van der Waals surface area contributed by atoms with Crippen molar-refractivity contribution in [3.8, 4) is 5.75 Å². The zero-order valence-corrected chi connectivity index (χ0v) is 14.1. The van der Waals surface area contributed by atoms with Gasteiger partial charge >= 0.3 is 0 Å². The Hall–Kier alpha value is -1.51. The van der Waals surface area contributed by atoms with E-state index in [1.807, 2.05) is 50.2 Å². The van der Waals surface area contributed by atoms with Crippen molar-refractivity contribution in [2.75, 3.05) is 7.11 Å². The monoisotopic (exact) mass is 334 g/mol. The SMILES string of the molecule is COc1cc2c(c(Cl)c1Cl)C(=O)C(C)(C)C2c1ccccc1. The zero-order valence-electron chi connectivity index (χ0n) is 12.6. The van der Waals surface area contributed by atoms with Gasteiger partial charge < -0.3 is 4.74 Å². The van der Waals surface area contributed by atoms with E-state index in [1.54, 1.807) is 7.11 Å². The summed E-state index contributed by atoms with van der Waals surface area (Å²) < 4.78 is 5.31. The summed E-state index contributed by atoms with van der Waals surface area (Å²) in [6.45, 7) is 3.90. The van der Waals surface area contributed by atoms with Gasteiger partial charge in [0.05, 0.1) is 12.1 Å². The quantitative estimate of drug-likeness (QED) is 0.739. The maximum absolute atomic E-state index is 12.9. The summed E-state index contributed by atoms with van der Waals surface area (Å²) in [5, 5.41) is 0.577. The van der Waals surface area contributed by atoms with E-state index in [4.69, 9.17) is 27.9 Å². The van der Waals surface area contributed by atoms with E-state index in [1.165, 1.54) is 0 Å². The van der Waals surface area contributed by atoms with E-state index in [0.29, 0.717) is 16.3 Å². The maximum atomic E-state index is 12.9. The van der Waals surface area contributed by atoms with E-state index >= 15 is 0 Å². The van der Waals surface area contributed by atoms with Crippen LogP contribution in [0.5, 0.6) is 5.75 Å². The fraction of sp³-hybridized carbons (Fsp3) is 0.278. The predicted octanol–water partition coefficient (Wildman–Crippen LogP) is 5.36. The Kier molecular flexibility index (Phi) is 3.70. The summed E-state index contributed by atoms with van der Waals surface area (Å²) in [6, 6.07) is 11.8. The summed E-state index contributed by atoms with van der Waals surface area (Å²) in [6.07, 6.45) is 0. The smallest absolute Gasteiger partial charge is 0.171 e. The van der Waals surface area contributed by atoms with Gasteiger partial charge in [0.1, 0.15) is 10.8 Å². The van der Waals surface area contributed by atoms with E-state index in [2.05, 4.69) is 0 Å². The minimum atomic E-state index is -0.580. The van der Waals surface area contributed by atoms with Gasteiger partial charge in [-0.2, -0.15) is 0 Å². The molecule has 0 aromatic heterocycles. The topological polar surface area (TPSA) is 26.3 Å². The molecule has 0 radical (unpaired) electrons. The molecule has 0 fully saturated rings. The molecule has 0 heterocycles. The third-order valence-electron chi connectivity index (χ3n) is 4.40. The maximum Gasteiger partial charge on any atom is 0.171 e. The van der Waals surface area contributed by atoms with Crippen LogP contribution in [-0.4, -0.2) is 12.9 Å². The van der Waals surface area contributed by atoms with Crippen LogP contribution in [0.1, 0.15) is 41.3 Å². The largest absolute Gasteiger partial charge is 0.495 e. The van der Waals surface area contributed by atoms with E-state index in [0.717, 1.165) is 11.1 Å². The number of ketones is 1. The molecule has 0 saturated heterocycles. The highest BCUT2D eigenvalue weighted by Crippen LogP contribution is 2.54. The molecule has 2 nitrogen and oxygen atoms in total. The van der Waals surface area contributed by atoms with Gasteiger partial charge in [-0.15, -0.1) is 0 Å². The first-order valence-corrected chi connectivity index (χ1v) is 7.80. The molecule has 0 N–H and O–H groups in total. The standard InChI is InChI=1S/C18H16Cl2O2/c1-18(2)14(10-7-5-4-6-8-10)11-9-12(22-3)15(19)16(20)13(11)17(18)21/h4-9,14H,1-3H3. The third-order valence-corrected chi connectivity index (χ3v) is 5.25. The number of ether oxygens (including phenoxy) is 1. The Morgan fingerprint density at radius 2 is 1.73 bits per heavy atom. The number of benzene rings is 2. The molecule has 0 amide bonds. The Labute approximate surface area is 140 Å². The minimum absolute atomic E-state index is 0.0194. The van der Waals surface area contributed by atoms with Gasteiger partial charge in [0.2, 0.25) is 0 Å². The number of methoxy groups -OCH3 is 1. The fourth-order valence-electron chi connectivity index (χ4n) is 3.31. The van der Waals surface area contributed by atoms with Gasteiger partial charge in [-0.3, -0.25) is 4.79 Å². The van der Waals surface area contributed by atoms with Gasteiger partial charge in [0, 0.05) is 16.9 Å². The molecule has 0 bridgehead atoms. The third kappa shape index (κ3) is 2.05. The molecule has 3 rings (SSSR count). The van der Waals surface area contributed by atoms with Crippen LogP contribution in [0.2, 0.25) is 10.0 Å². The number of hydrogen-bond donors (Lipinski definition) is 0. The van der Waals surface area contributed by atoms with Crippen molar-refractivity contribution in [2.45, 2.75) is 19.8 Å². The Balaban J connectivity index is 2.32. The van der Waals surface area contributed by atoms with Gasteiger partial charge in [0.25, 0.3) is 0 Å². The highest BCUT2D eigenvalue weighted by molar-refractivity contribution is 6.45. The van der Waals surface area contributed by atoms with Crippen LogP contribution in [0.15, 0.2) is 36.4 Å². The van der Waals surface area contributed by atoms with E-state index in [-0.39, 0.29) is 16.7 Å². The number of hydrogen-bond acceptors (Lipinski definition) is 2. The minimum Gasteiger partial charge on any atom is -0.495 e. The van der Waals surface area contributed by atoms with Gasteiger partial charge in [0.15, 0.2) is 5.78 Å². The van der Waals surface area contributed by atoms with Crippen molar-refractivity contribution in [3.05, 3.63) is 63.1 Å². The second kappa shape index (κ2) is 5.29. The summed E-state index contributed by atoms with van der Waals surface area (Å²) in [7, 11) is 1.55. The second-order valence-corrected chi connectivity index (χ2v) is 6.82. The molecule has 2 aromatic carbocycles. The van der Waals surface area contributed by atoms with Crippen molar-refractivity contribution in [2.24, 2.45) is 5.41 Å². The van der Waals surface area contributed by atoms with Crippen molar-refractivity contribution in [1.29, 1.82) is 0 Å². The number of halogens is 2. The molecule has 0 spiro atoms. The lowest BCUT2D eigenvalue weighted by Gasteiger charge is -2.26. The molecule has 114 valence electrons. The molecule has 1 aliphatic rings. The van der Waals surface area contributed by atoms with Crippen molar-refractivity contribution < 1.29 is 9.53 Å². The highest BCUT2D eigenvalue weighted by atomic mass is 35.5. The highest BCUT2D eigenvalue weighted by Gasteiger charge is 2.48. The van der Waals surface area contributed by atoms with Crippen LogP contribution in [0.25, 0.3) is 0 Å².